The summed E-state index contributed by atoms with van der Waals surface area (Å²) >= 11 is 0. The first-order valence-electron chi connectivity index (χ1n) is 24.6. The number of esters is 1. The highest BCUT2D eigenvalue weighted by Gasteiger charge is 2.27. The smallest absolute Gasteiger partial charge is 0.472 e. The molecule has 368 valence electrons. The van der Waals surface area contributed by atoms with E-state index < -0.39 is 45.1 Å². The fourth-order valence-electron chi connectivity index (χ4n) is 6.01. The number of nitrogens with two attached hydrogens (primary N) is 1. The van der Waals surface area contributed by atoms with Crippen LogP contribution >= 0.6 is 7.82 Å². The van der Waals surface area contributed by atoms with E-state index in [2.05, 4.69) is 135 Å². The molecular weight excluding hydrogens is 838 g/mol. The summed E-state index contributed by atoms with van der Waals surface area (Å²) in [5.74, 6) is -1.83. The maximum absolute atomic E-state index is 12.7. The number of carboxylic acid groups (broad SMARTS) is 1. The predicted octanol–water partition coefficient (Wildman–Crippen LogP) is 14.4. The lowest BCUT2D eigenvalue weighted by Crippen LogP contribution is -2.34. The lowest BCUT2D eigenvalue weighted by Gasteiger charge is -2.20. The highest BCUT2D eigenvalue weighted by molar-refractivity contribution is 7.47. The number of rotatable bonds is 45. The van der Waals surface area contributed by atoms with E-state index >= 15 is 0 Å². The zero-order valence-corrected chi connectivity index (χ0v) is 41.2. The molecule has 0 radical (unpaired) electrons. The fraction of sp³-hybridized carbons (Fsp3) is 0.593. The molecule has 0 heterocycles. The second-order valence-electron chi connectivity index (χ2n) is 15.8. The van der Waals surface area contributed by atoms with Crippen LogP contribution in [0.1, 0.15) is 168 Å². The highest BCUT2D eigenvalue weighted by atomic mass is 31.2. The van der Waals surface area contributed by atoms with E-state index in [1.54, 1.807) is 0 Å². The number of ether oxygens (including phenoxy) is 2. The topological polar surface area (TPSA) is 155 Å². The largest absolute Gasteiger partial charge is 0.480 e. The molecule has 0 spiro atoms. The maximum atomic E-state index is 12.7. The Bertz CT molecular complexity index is 1490. The Balaban J connectivity index is 4.27. The molecule has 0 aliphatic carbocycles. The van der Waals surface area contributed by atoms with Crippen molar-refractivity contribution in [3.63, 3.8) is 0 Å². The van der Waals surface area contributed by atoms with Crippen LogP contribution in [-0.2, 0) is 32.7 Å². The van der Waals surface area contributed by atoms with Crippen LogP contribution in [0.2, 0.25) is 0 Å². The number of hydrogen-bond donors (Lipinski definition) is 3. The summed E-state index contributed by atoms with van der Waals surface area (Å²) in [7, 11) is -4.64. The Kier molecular flexibility index (Phi) is 45.6. The number of aliphatic carboxylic acids is 1. The average molecular weight is 926 g/mol. The number of carbonyl (C=O) groups is 2. The summed E-state index contributed by atoms with van der Waals surface area (Å²) in [4.78, 5) is 33.7. The van der Waals surface area contributed by atoms with Crippen molar-refractivity contribution in [2.75, 3.05) is 26.4 Å². The van der Waals surface area contributed by atoms with E-state index in [-0.39, 0.29) is 13.0 Å². The van der Waals surface area contributed by atoms with Gasteiger partial charge in [-0.3, -0.25) is 18.6 Å². The van der Waals surface area contributed by atoms with Crippen molar-refractivity contribution in [2.45, 2.75) is 180 Å². The van der Waals surface area contributed by atoms with Crippen molar-refractivity contribution in [3.8, 4) is 0 Å². The van der Waals surface area contributed by atoms with E-state index in [1.165, 1.54) is 32.1 Å². The van der Waals surface area contributed by atoms with Crippen LogP contribution < -0.4 is 5.73 Å². The van der Waals surface area contributed by atoms with Crippen LogP contribution in [0, 0.1) is 0 Å². The van der Waals surface area contributed by atoms with Gasteiger partial charge in [0.15, 0.2) is 0 Å². The number of carboxylic acids is 1. The Labute approximate surface area is 394 Å². The van der Waals surface area contributed by atoms with Gasteiger partial charge >= 0.3 is 19.8 Å². The second-order valence-corrected chi connectivity index (χ2v) is 17.3. The summed E-state index contributed by atoms with van der Waals surface area (Å²) in [5.41, 5.74) is 5.37. The zero-order chi connectivity index (χ0) is 47.6. The summed E-state index contributed by atoms with van der Waals surface area (Å²) in [6, 6.07) is -1.49. The van der Waals surface area contributed by atoms with Crippen molar-refractivity contribution in [2.24, 2.45) is 5.73 Å². The van der Waals surface area contributed by atoms with Gasteiger partial charge in [0.25, 0.3) is 0 Å². The van der Waals surface area contributed by atoms with Gasteiger partial charge in [0.05, 0.1) is 19.8 Å². The van der Waals surface area contributed by atoms with Gasteiger partial charge in [0, 0.05) is 13.0 Å². The number of carbonyl (C=O) groups excluding carboxylic acids is 1. The molecular formula is C54H88NO9P. The molecule has 0 fully saturated rings. The maximum Gasteiger partial charge on any atom is 0.472 e. The van der Waals surface area contributed by atoms with Crippen molar-refractivity contribution in [1.82, 2.24) is 0 Å². The Morgan fingerprint density at radius 2 is 0.846 bits per heavy atom. The first-order valence-corrected chi connectivity index (χ1v) is 26.1. The molecule has 0 aromatic rings. The average Bonchev–Trinajstić information content (AvgIpc) is 3.29. The lowest BCUT2D eigenvalue weighted by molar-refractivity contribution is -0.154. The van der Waals surface area contributed by atoms with Crippen LogP contribution in [0.3, 0.4) is 0 Å². The Morgan fingerprint density at radius 3 is 1.26 bits per heavy atom. The summed E-state index contributed by atoms with van der Waals surface area (Å²) in [6.07, 6.45) is 66.8. The van der Waals surface area contributed by atoms with Crippen molar-refractivity contribution < 1.29 is 42.7 Å². The summed E-state index contributed by atoms with van der Waals surface area (Å²) < 4.78 is 33.4. The Morgan fingerprint density at radius 1 is 0.492 bits per heavy atom. The number of unbranched alkanes of at least 4 members (excludes halogenated alkanes) is 11. The first kappa shape index (κ1) is 61.4. The van der Waals surface area contributed by atoms with Crippen molar-refractivity contribution >= 4 is 19.8 Å². The SMILES string of the molecule is CC/C=C\C/C=C\C/C=C\C/C=C\C/C=C\CCCCCCCCCCOCC(COP(=O)(O)OCC(N)C(=O)O)OC(=O)CCCCC/C=C\C/C=C\C/C=C\C/C=C\C/C=C\CC. The van der Waals surface area contributed by atoms with Gasteiger partial charge in [0.1, 0.15) is 12.1 Å². The number of phosphoric ester groups is 1. The zero-order valence-electron chi connectivity index (χ0n) is 40.3. The van der Waals surface area contributed by atoms with Crippen LogP contribution in [0.25, 0.3) is 0 Å². The number of phosphoric acid groups is 1. The molecule has 0 rings (SSSR count). The molecule has 0 saturated carbocycles. The molecule has 0 aromatic heterocycles. The molecule has 65 heavy (non-hydrogen) atoms. The van der Waals surface area contributed by atoms with E-state index in [9.17, 15) is 19.0 Å². The lowest BCUT2D eigenvalue weighted by atomic mass is 10.1. The minimum atomic E-state index is -4.64. The van der Waals surface area contributed by atoms with E-state index in [1.807, 2.05) is 0 Å². The molecule has 3 atom stereocenters. The van der Waals surface area contributed by atoms with Gasteiger partial charge in [-0.25, -0.2) is 4.57 Å². The van der Waals surface area contributed by atoms with Gasteiger partial charge in [-0.15, -0.1) is 0 Å². The van der Waals surface area contributed by atoms with E-state index in [4.69, 9.17) is 29.4 Å². The number of hydrogen-bond acceptors (Lipinski definition) is 8. The third-order valence-corrected chi connectivity index (χ3v) is 10.7. The Hall–Kier alpha value is -3.63. The summed E-state index contributed by atoms with van der Waals surface area (Å²) in [5, 5.41) is 8.93. The van der Waals surface area contributed by atoms with Gasteiger partial charge in [-0.2, -0.15) is 0 Å². The van der Waals surface area contributed by atoms with Gasteiger partial charge in [-0.05, 0) is 103 Å². The predicted molar refractivity (Wildman–Crippen MR) is 272 cm³/mol. The molecule has 0 aromatic carbocycles. The van der Waals surface area contributed by atoms with Crippen LogP contribution in [0.5, 0.6) is 0 Å². The monoisotopic (exact) mass is 926 g/mol. The molecule has 0 amide bonds. The fourth-order valence-corrected chi connectivity index (χ4v) is 6.79. The second kappa shape index (κ2) is 48.3. The van der Waals surface area contributed by atoms with Gasteiger partial charge in [-0.1, -0.05) is 180 Å². The third kappa shape index (κ3) is 48.1. The highest BCUT2D eigenvalue weighted by Crippen LogP contribution is 2.43. The number of allylic oxidation sites excluding steroid dienone is 20. The molecule has 0 bridgehead atoms. The standard InChI is InChI=1S/C54H88NO9P/c1-3-5-7-9-11-13-15-17-19-21-23-24-25-26-27-29-31-33-35-37-39-41-43-45-47-61-48-51(49-62-65(59,60)63-50-52(55)54(57)58)64-53(56)46-44-42-40-38-36-34-32-30-28-22-20-18-16-14-12-10-8-6-4-2/h5-8,11-14,17-20,23-24,26-28,30,34,36,51-52H,3-4,9-10,15-16,21-22,25,29,31-33,35,37-50,55H2,1-2H3,(H,57,58)(H,59,60)/b7-5-,8-6-,13-11-,14-12-,19-17-,20-18-,24-23-,27-26-,30-28-,36-34-. The molecule has 11 heteroatoms. The quantitative estimate of drug-likeness (QED) is 0.0233. The van der Waals surface area contributed by atoms with Crippen LogP contribution in [0.15, 0.2) is 122 Å². The van der Waals surface area contributed by atoms with Crippen molar-refractivity contribution in [1.29, 1.82) is 0 Å². The van der Waals surface area contributed by atoms with Crippen LogP contribution in [-0.4, -0.2) is 60.5 Å². The normalized spacial score (nSPS) is 14.8. The minimum absolute atomic E-state index is 0.0116. The summed E-state index contributed by atoms with van der Waals surface area (Å²) in [6.45, 7) is 3.57. The van der Waals surface area contributed by atoms with Gasteiger partial charge in [0.2, 0.25) is 0 Å². The van der Waals surface area contributed by atoms with E-state index in [0.29, 0.717) is 13.0 Å². The van der Waals surface area contributed by atoms with Crippen molar-refractivity contribution in [3.05, 3.63) is 122 Å². The molecule has 4 N–H and O–H groups in total. The first-order chi connectivity index (χ1) is 31.7. The molecule has 3 unspecified atom stereocenters. The van der Waals surface area contributed by atoms with Gasteiger partial charge < -0.3 is 25.2 Å². The minimum Gasteiger partial charge on any atom is -0.480 e. The van der Waals surface area contributed by atoms with Crippen LogP contribution in [0.4, 0.5) is 0 Å². The third-order valence-electron chi connectivity index (χ3n) is 9.74. The molecule has 0 aliphatic heterocycles. The van der Waals surface area contributed by atoms with E-state index in [0.717, 1.165) is 109 Å². The molecule has 10 nitrogen and oxygen atoms in total. The molecule has 0 saturated heterocycles. The molecule has 0 aliphatic rings.